The fourth-order valence-corrected chi connectivity index (χ4v) is 2.03. The molecule has 0 aliphatic carbocycles. The molecule has 0 atom stereocenters. The van der Waals surface area contributed by atoms with Crippen molar-refractivity contribution >= 4 is 33.2 Å². The molecule has 0 radical (unpaired) electrons. The minimum Gasteiger partial charge on any atom is -0.380 e. The number of halogens is 2. The lowest BCUT2D eigenvalue weighted by Gasteiger charge is -2.09. The quantitative estimate of drug-likeness (QED) is 0.930. The summed E-state index contributed by atoms with van der Waals surface area (Å²) in [5.74, 6) is 0. The van der Waals surface area contributed by atoms with Crippen LogP contribution in [0.3, 0.4) is 0 Å². The van der Waals surface area contributed by atoms with Crippen molar-refractivity contribution in [2.45, 2.75) is 6.54 Å². The third-order valence-electron chi connectivity index (χ3n) is 2.35. The van der Waals surface area contributed by atoms with Gasteiger partial charge in [0.1, 0.15) is 11.8 Å². The summed E-state index contributed by atoms with van der Waals surface area (Å²) in [7, 11) is 0. The van der Waals surface area contributed by atoms with Gasteiger partial charge in [0.05, 0.1) is 5.69 Å². The second kappa shape index (κ2) is 5.85. The smallest absolute Gasteiger partial charge is 0.140 e. The Morgan fingerprint density at radius 2 is 2.17 bits per heavy atom. The highest BCUT2D eigenvalue weighted by atomic mass is 79.9. The average molecular weight is 323 g/mol. The number of anilines is 1. The number of hydrogen-bond donors (Lipinski definition) is 1. The Bertz CT molecular complexity index is 607. The summed E-state index contributed by atoms with van der Waals surface area (Å²) in [6, 6.07) is 11.2. The lowest BCUT2D eigenvalue weighted by atomic mass is 10.2. The number of aromatic nitrogens is 1. The van der Waals surface area contributed by atoms with Crippen molar-refractivity contribution in [2.75, 3.05) is 5.32 Å². The highest BCUT2D eigenvalue weighted by molar-refractivity contribution is 9.10. The maximum Gasteiger partial charge on any atom is 0.140 e. The number of pyridine rings is 1. The molecule has 0 spiro atoms. The molecule has 0 aliphatic rings. The van der Waals surface area contributed by atoms with E-state index in [9.17, 15) is 0 Å². The molecule has 0 saturated heterocycles. The number of hydrogen-bond acceptors (Lipinski definition) is 3. The summed E-state index contributed by atoms with van der Waals surface area (Å²) in [5.41, 5.74) is 2.32. The number of nitrogens with one attached hydrogen (secondary N) is 1. The Balaban J connectivity index is 2.11. The molecule has 0 aliphatic heterocycles. The molecule has 90 valence electrons. The third-order valence-corrected chi connectivity index (χ3v) is 3.28. The van der Waals surface area contributed by atoms with Crippen LogP contribution in [0.5, 0.6) is 0 Å². The second-order valence-electron chi connectivity index (χ2n) is 3.64. The Hall–Kier alpha value is -1.57. The van der Waals surface area contributed by atoms with Crippen LogP contribution in [0.25, 0.3) is 0 Å². The second-order valence-corrected chi connectivity index (χ2v) is 4.93. The van der Waals surface area contributed by atoms with Gasteiger partial charge in [-0.2, -0.15) is 5.26 Å². The molecule has 2 aromatic rings. The molecular formula is C13H9BrClN3. The van der Waals surface area contributed by atoms with Crippen molar-refractivity contribution in [2.24, 2.45) is 0 Å². The van der Waals surface area contributed by atoms with Crippen molar-refractivity contribution < 1.29 is 0 Å². The van der Waals surface area contributed by atoms with Crippen LogP contribution in [0.1, 0.15) is 11.3 Å². The van der Waals surface area contributed by atoms with Gasteiger partial charge in [0, 0.05) is 22.2 Å². The molecule has 18 heavy (non-hydrogen) atoms. The molecular weight excluding hydrogens is 314 g/mol. The van der Waals surface area contributed by atoms with E-state index in [-0.39, 0.29) is 0 Å². The molecule has 3 nitrogen and oxygen atoms in total. The molecule has 5 heteroatoms. The van der Waals surface area contributed by atoms with Crippen LogP contribution in [-0.4, -0.2) is 4.98 Å². The first kappa shape index (κ1) is 12.9. The van der Waals surface area contributed by atoms with Gasteiger partial charge >= 0.3 is 0 Å². The third kappa shape index (κ3) is 3.22. The van der Waals surface area contributed by atoms with Gasteiger partial charge in [-0.05, 0) is 51.8 Å². The number of nitriles is 1. The molecule has 0 bridgehead atoms. The zero-order valence-corrected chi connectivity index (χ0v) is 11.7. The van der Waals surface area contributed by atoms with Crippen molar-refractivity contribution in [3.8, 4) is 6.07 Å². The first-order valence-electron chi connectivity index (χ1n) is 5.23. The van der Waals surface area contributed by atoms with E-state index in [2.05, 4.69) is 26.2 Å². The standard InChI is InChI=1S/C13H9BrClN3/c14-12-2-1-10(15)6-13(12)18-8-9-3-4-17-11(5-9)7-16/h1-6,18H,8H2. The largest absolute Gasteiger partial charge is 0.380 e. The molecule has 2 rings (SSSR count). The fourth-order valence-electron chi connectivity index (χ4n) is 1.48. The molecule has 1 N–H and O–H groups in total. The normalized spacial score (nSPS) is 9.83. The maximum absolute atomic E-state index is 8.77. The van der Waals surface area contributed by atoms with E-state index < -0.39 is 0 Å². The van der Waals surface area contributed by atoms with Crippen LogP contribution >= 0.6 is 27.5 Å². The van der Waals surface area contributed by atoms with E-state index in [0.29, 0.717) is 17.3 Å². The van der Waals surface area contributed by atoms with Crippen LogP contribution in [0.15, 0.2) is 41.0 Å². The predicted octanol–water partition coefficient (Wildman–Crippen LogP) is 3.98. The van der Waals surface area contributed by atoms with E-state index in [1.54, 1.807) is 12.3 Å². The van der Waals surface area contributed by atoms with Gasteiger partial charge < -0.3 is 5.32 Å². The van der Waals surface area contributed by atoms with Gasteiger partial charge in [-0.15, -0.1) is 0 Å². The number of nitrogens with zero attached hydrogens (tertiary/aromatic N) is 2. The van der Waals surface area contributed by atoms with Crippen LogP contribution in [0.2, 0.25) is 5.02 Å². The highest BCUT2D eigenvalue weighted by Gasteiger charge is 2.01. The van der Waals surface area contributed by atoms with Crippen LogP contribution in [0.4, 0.5) is 5.69 Å². The minimum atomic E-state index is 0.416. The Labute approximate surface area is 119 Å². The van der Waals surface area contributed by atoms with Gasteiger partial charge in [-0.1, -0.05) is 11.6 Å². The zero-order chi connectivity index (χ0) is 13.0. The van der Waals surface area contributed by atoms with E-state index in [4.69, 9.17) is 16.9 Å². The van der Waals surface area contributed by atoms with E-state index in [1.807, 2.05) is 30.3 Å². The molecule has 0 unspecified atom stereocenters. The van der Waals surface area contributed by atoms with Crippen LogP contribution in [-0.2, 0) is 6.54 Å². The molecule has 0 saturated carbocycles. The van der Waals surface area contributed by atoms with Crippen molar-refractivity contribution in [3.63, 3.8) is 0 Å². The molecule has 1 heterocycles. The lowest BCUT2D eigenvalue weighted by molar-refractivity contribution is 1.11. The summed E-state index contributed by atoms with van der Waals surface area (Å²) in [6.45, 7) is 0.607. The van der Waals surface area contributed by atoms with Crippen molar-refractivity contribution in [3.05, 3.63) is 57.3 Å². The maximum atomic E-state index is 8.77. The summed E-state index contributed by atoms with van der Waals surface area (Å²) >= 11 is 9.38. The summed E-state index contributed by atoms with van der Waals surface area (Å²) < 4.78 is 0.946. The predicted molar refractivity (Wildman–Crippen MR) is 75.4 cm³/mol. The molecule has 0 fully saturated rings. The fraction of sp³-hybridized carbons (Fsp3) is 0.0769. The number of rotatable bonds is 3. The van der Waals surface area contributed by atoms with E-state index >= 15 is 0 Å². The molecule has 1 aromatic carbocycles. The molecule has 1 aromatic heterocycles. The van der Waals surface area contributed by atoms with E-state index in [0.717, 1.165) is 15.7 Å². The Kier molecular flexibility index (Phi) is 4.19. The Morgan fingerprint density at radius 1 is 1.33 bits per heavy atom. The Morgan fingerprint density at radius 3 is 2.94 bits per heavy atom. The topological polar surface area (TPSA) is 48.7 Å². The van der Waals surface area contributed by atoms with Crippen molar-refractivity contribution in [1.29, 1.82) is 5.26 Å². The van der Waals surface area contributed by atoms with Gasteiger partial charge in [-0.3, -0.25) is 0 Å². The van der Waals surface area contributed by atoms with E-state index in [1.165, 1.54) is 0 Å². The van der Waals surface area contributed by atoms with Crippen molar-refractivity contribution in [1.82, 2.24) is 4.98 Å². The molecule has 0 amide bonds. The first-order chi connectivity index (χ1) is 8.69. The summed E-state index contributed by atoms with van der Waals surface area (Å²) in [4.78, 5) is 3.93. The van der Waals surface area contributed by atoms with Crippen LogP contribution < -0.4 is 5.32 Å². The minimum absolute atomic E-state index is 0.416. The summed E-state index contributed by atoms with van der Waals surface area (Å²) in [6.07, 6.45) is 1.63. The van der Waals surface area contributed by atoms with Gasteiger partial charge in [-0.25, -0.2) is 4.98 Å². The first-order valence-corrected chi connectivity index (χ1v) is 6.40. The lowest BCUT2D eigenvalue weighted by Crippen LogP contribution is -2.00. The SMILES string of the molecule is N#Cc1cc(CNc2cc(Cl)ccc2Br)ccn1. The highest BCUT2D eigenvalue weighted by Crippen LogP contribution is 2.26. The van der Waals surface area contributed by atoms with Crippen LogP contribution in [0, 0.1) is 11.3 Å². The zero-order valence-electron chi connectivity index (χ0n) is 9.32. The average Bonchev–Trinajstić information content (AvgIpc) is 2.40. The van der Waals surface area contributed by atoms with Gasteiger partial charge in [0.15, 0.2) is 0 Å². The summed E-state index contributed by atoms with van der Waals surface area (Å²) in [5, 5.41) is 12.7. The number of benzene rings is 1. The van der Waals surface area contributed by atoms with Gasteiger partial charge in [0.25, 0.3) is 0 Å². The monoisotopic (exact) mass is 321 g/mol. The van der Waals surface area contributed by atoms with Gasteiger partial charge in [0.2, 0.25) is 0 Å².